The van der Waals surface area contributed by atoms with Crippen molar-refractivity contribution in [1.82, 2.24) is 4.98 Å². The minimum Gasteiger partial charge on any atom is -0.403 e. The molecule has 0 saturated heterocycles. The van der Waals surface area contributed by atoms with E-state index in [1.54, 1.807) is 22.6 Å². The van der Waals surface area contributed by atoms with Crippen molar-refractivity contribution in [2.45, 2.75) is 13.0 Å². The fraction of sp³-hybridized carbons (Fsp3) is 0.286. The molecule has 1 aromatic rings. The lowest BCUT2D eigenvalue weighted by molar-refractivity contribution is -0.275. The van der Waals surface area contributed by atoms with Gasteiger partial charge in [-0.25, -0.2) is 9.37 Å². The third kappa shape index (κ3) is 3.28. The predicted molar refractivity (Wildman–Crippen MR) is 48.4 cm³/mol. The van der Waals surface area contributed by atoms with Gasteiger partial charge in [-0.3, -0.25) is 0 Å². The first-order valence-corrected chi connectivity index (χ1v) is 4.46. The van der Waals surface area contributed by atoms with Crippen LogP contribution in [0, 0.1) is 3.70 Å². The number of nitrogens with zero attached hydrogens (tertiary/aromatic N) is 1. The molecule has 0 N–H and O–H groups in total. The molecule has 1 heterocycles. The highest BCUT2D eigenvalue weighted by Gasteiger charge is 2.32. The maximum absolute atomic E-state index is 12.1. The number of rotatable bonds is 2. The van der Waals surface area contributed by atoms with Crippen molar-refractivity contribution < 1.29 is 22.3 Å². The Bertz CT molecular complexity index is 328. The summed E-state index contributed by atoms with van der Waals surface area (Å²) in [5, 5.41) is 0. The third-order valence-corrected chi connectivity index (χ3v) is 2.05. The van der Waals surface area contributed by atoms with E-state index in [1.807, 2.05) is 0 Å². The number of aromatic nitrogens is 1. The first kappa shape index (κ1) is 11.5. The Balaban J connectivity index is 2.95. The maximum atomic E-state index is 12.1. The molecular formula is C7H4F4INO. The molecule has 0 aromatic carbocycles. The summed E-state index contributed by atoms with van der Waals surface area (Å²) in [6, 6.07) is 0.974. The van der Waals surface area contributed by atoms with Crippen molar-refractivity contribution >= 4 is 22.6 Å². The summed E-state index contributed by atoms with van der Waals surface area (Å²) in [5.41, 5.74) is 0.0460. The second-order valence-corrected chi connectivity index (χ2v) is 3.34. The van der Waals surface area contributed by atoms with E-state index in [9.17, 15) is 17.6 Å². The van der Waals surface area contributed by atoms with Crippen LogP contribution in [-0.4, -0.2) is 11.3 Å². The Hall–Kier alpha value is -0.600. The van der Waals surface area contributed by atoms with Crippen molar-refractivity contribution in [1.29, 1.82) is 0 Å². The quantitative estimate of drug-likeness (QED) is 0.474. The highest BCUT2D eigenvalue weighted by molar-refractivity contribution is 14.1. The third-order valence-electron chi connectivity index (χ3n) is 1.24. The highest BCUT2D eigenvalue weighted by Crippen LogP contribution is 2.27. The zero-order valence-corrected chi connectivity index (χ0v) is 8.76. The van der Waals surface area contributed by atoms with Gasteiger partial charge in [0.25, 0.3) is 0 Å². The minimum atomic E-state index is -4.78. The Morgan fingerprint density at radius 3 is 2.57 bits per heavy atom. The fourth-order valence-corrected chi connectivity index (χ4v) is 1.14. The fourth-order valence-electron chi connectivity index (χ4n) is 0.738. The van der Waals surface area contributed by atoms with Crippen molar-refractivity contribution in [3.8, 4) is 5.75 Å². The Kier molecular flexibility index (Phi) is 3.51. The summed E-state index contributed by atoms with van der Waals surface area (Å²) in [5.74, 6) is -0.478. The molecule has 0 aliphatic rings. The van der Waals surface area contributed by atoms with Gasteiger partial charge in [-0.15, -0.1) is 13.2 Å². The largest absolute Gasteiger partial charge is 0.573 e. The maximum Gasteiger partial charge on any atom is 0.573 e. The summed E-state index contributed by atoms with van der Waals surface area (Å²) < 4.78 is 51.2. The monoisotopic (exact) mass is 321 g/mol. The lowest BCUT2D eigenvalue weighted by atomic mass is 10.3. The van der Waals surface area contributed by atoms with Crippen molar-refractivity contribution in [3.05, 3.63) is 21.5 Å². The number of alkyl halides is 4. The number of hydrogen-bond donors (Lipinski definition) is 0. The summed E-state index contributed by atoms with van der Waals surface area (Å²) in [6.07, 6.45) is -3.62. The normalized spacial score (nSPS) is 11.5. The number of hydrogen-bond acceptors (Lipinski definition) is 2. The van der Waals surface area contributed by atoms with E-state index in [2.05, 4.69) is 9.72 Å². The highest BCUT2D eigenvalue weighted by atomic mass is 127. The van der Waals surface area contributed by atoms with Crippen LogP contribution in [0.5, 0.6) is 5.75 Å². The van der Waals surface area contributed by atoms with Crippen molar-refractivity contribution in [2.75, 3.05) is 0 Å². The van der Waals surface area contributed by atoms with E-state index < -0.39 is 18.8 Å². The lowest BCUT2D eigenvalue weighted by Gasteiger charge is -2.10. The molecule has 0 unspecified atom stereocenters. The van der Waals surface area contributed by atoms with Gasteiger partial charge in [0.05, 0.1) is 0 Å². The molecule has 0 aliphatic carbocycles. The van der Waals surface area contributed by atoms with Crippen LogP contribution < -0.4 is 4.74 Å². The van der Waals surface area contributed by atoms with Crippen LogP contribution in [0.15, 0.2) is 12.3 Å². The zero-order valence-electron chi connectivity index (χ0n) is 6.61. The second-order valence-electron chi connectivity index (χ2n) is 2.31. The number of ether oxygens (including phenoxy) is 1. The van der Waals surface area contributed by atoms with Crippen LogP contribution in [0.25, 0.3) is 0 Å². The second kappa shape index (κ2) is 4.28. The van der Waals surface area contributed by atoms with E-state index in [4.69, 9.17) is 0 Å². The van der Waals surface area contributed by atoms with Gasteiger partial charge in [-0.1, -0.05) is 0 Å². The minimum absolute atomic E-state index is 0.0390. The van der Waals surface area contributed by atoms with Crippen LogP contribution >= 0.6 is 22.6 Å². The molecule has 7 heteroatoms. The standard InChI is InChI=1S/C7H4F4INO/c8-2-4-1-5(6(12)13-3-4)14-7(9,10)11/h1,3H,2H2. The molecule has 0 atom stereocenters. The number of pyridine rings is 1. The molecular weight excluding hydrogens is 317 g/mol. The Morgan fingerprint density at radius 1 is 1.43 bits per heavy atom. The molecule has 1 aromatic heterocycles. The van der Waals surface area contributed by atoms with Gasteiger partial charge in [-0.2, -0.15) is 0 Å². The molecule has 0 fully saturated rings. The molecule has 78 valence electrons. The average Bonchev–Trinajstić information content (AvgIpc) is 2.06. The molecule has 0 spiro atoms. The van der Waals surface area contributed by atoms with Gasteiger partial charge < -0.3 is 4.74 Å². The summed E-state index contributed by atoms with van der Waals surface area (Å²) in [7, 11) is 0. The molecule has 0 aliphatic heterocycles. The van der Waals surface area contributed by atoms with Crippen LogP contribution in [0.3, 0.4) is 0 Å². The molecule has 14 heavy (non-hydrogen) atoms. The Morgan fingerprint density at radius 2 is 2.07 bits per heavy atom. The van der Waals surface area contributed by atoms with E-state index in [-0.39, 0.29) is 9.26 Å². The smallest absolute Gasteiger partial charge is 0.403 e. The van der Waals surface area contributed by atoms with Crippen LogP contribution in [0.1, 0.15) is 5.56 Å². The van der Waals surface area contributed by atoms with Crippen molar-refractivity contribution in [3.63, 3.8) is 0 Å². The van der Waals surface area contributed by atoms with Gasteiger partial charge >= 0.3 is 6.36 Å². The van der Waals surface area contributed by atoms with Crippen LogP contribution in [0.2, 0.25) is 0 Å². The lowest BCUT2D eigenvalue weighted by Crippen LogP contribution is -2.18. The Labute approximate surface area is 90.4 Å². The number of halogens is 5. The average molecular weight is 321 g/mol. The van der Waals surface area contributed by atoms with Gasteiger partial charge in [0, 0.05) is 11.8 Å². The molecule has 0 amide bonds. The van der Waals surface area contributed by atoms with Crippen LogP contribution in [-0.2, 0) is 6.67 Å². The molecule has 2 nitrogen and oxygen atoms in total. The van der Waals surface area contributed by atoms with Crippen molar-refractivity contribution in [2.24, 2.45) is 0 Å². The molecule has 0 radical (unpaired) electrons. The van der Waals surface area contributed by atoms with E-state index in [0.29, 0.717) is 0 Å². The first-order valence-electron chi connectivity index (χ1n) is 3.38. The topological polar surface area (TPSA) is 22.1 Å². The summed E-state index contributed by atoms with van der Waals surface area (Å²) in [6.45, 7) is -0.877. The first-order chi connectivity index (χ1) is 6.42. The zero-order chi connectivity index (χ0) is 10.8. The van der Waals surface area contributed by atoms with Gasteiger partial charge in [-0.05, 0) is 28.7 Å². The summed E-state index contributed by atoms with van der Waals surface area (Å²) in [4.78, 5) is 3.56. The van der Waals surface area contributed by atoms with Crippen LogP contribution in [0.4, 0.5) is 17.6 Å². The van der Waals surface area contributed by atoms with E-state index in [0.717, 1.165) is 12.3 Å². The molecule has 1 rings (SSSR count). The van der Waals surface area contributed by atoms with Gasteiger partial charge in [0.1, 0.15) is 10.4 Å². The molecule has 0 saturated carbocycles. The van der Waals surface area contributed by atoms with Gasteiger partial charge in [0.2, 0.25) is 0 Å². The van der Waals surface area contributed by atoms with Gasteiger partial charge in [0.15, 0.2) is 5.75 Å². The summed E-state index contributed by atoms with van der Waals surface area (Å²) >= 11 is 1.57. The van der Waals surface area contributed by atoms with E-state index in [1.165, 1.54) is 0 Å². The SMILES string of the molecule is FCc1cnc(I)c(OC(F)(F)F)c1. The predicted octanol–water partition coefficient (Wildman–Crippen LogP) is 3.05. The molecule has 0 bridgehead atoms. The van der Waals surface area contributed by atoms with E-state index >= 15 is 0 Å².